The van der Waals surface area contributed by atoms with Gasteiger partial charge in [0.15, 0.2) is 0 Å². The van der Waals surface area contributed by atoms with Crippen molar-refractivity contribution < 1.29 is 0 Å². The molecule has 1 heterocycles. The molecule has 1 unspecified atom stereocenters. The van der Waals surface area contributed by atoms with Crippen LogP contribution in [0.1, 0.15) is 37.4 Å². The largest absolute Gasteiger partial charge is 0.310 e. The summed E-state index contributed by atoms with van der Waals surface area (Å²) in [4.78, 5) is 5.78. The minimum Gasteiger partial charge on any atom is -0.310 e. The lowest BCUT2D eigenvalue weighted by molar-refractivity contribution is 0.560. The Kier molecular flexibility index (Phi) is 5.62. The van der Waals surface area contributed by atoms with Crippen LogP contribution in [0.5, 0.6) is 0 Å². The number of benzene rings is 1. The van der Waals surface area contributed by atoms with Gasteiger partial charge in [-0.1, -0.05) is 42.4 Å². The van der Waals surface area contributed by atoms with Crippen LogP contribution in [0.15, 0.2) is 52.5 Å². The van der Waals surface area contributed by atoms with Gasteiger partial charge in [-0.25, -0.2) is 4.98 Å². The molecule has 0 saturated carbocycles. The fourth-order valence-corrected chi connectivity index (χ4v) is 2.98. The van der Waals surface area contributed by atoms with Gasteiger partial charge in [0.2, 0.25) is 0 Å². The Morgan fingerprint density at radius 2 is 1.95 bits per heavy atom. The fourth-order valence-electron chi connectivity index (χ4n) is 2.01. The molecule has 2 aromatic rings. The minimum atomic E-state index is 0.330. The van der Waals surface area contributed by atoms with E-state index in [1.165, 1.54) is 16.0 Å². The van der Waals surface area contributed by atoms with Gasteiger partial charge in [-0.05, 0) is 45.0 Å². The molecule has 0 amide bonds. The molecule has 0 aliphatic carbocycles. The number of aryl methyl sites for hydroxylation is 1. The van der Waals surface area contributed by atoms with Crippen molar-refractivity contribution in [2.45, 2.75) is 43.2 Å². The summed E-state index contributed by atoms with van der Waals surface area (Å²) in [6.07, 6.45) is 3.01. The molecule has 0 fully saturated rings. The van der Waals surface area contributed by atoms with Gasteiger partial charge >= 0.3 is 0 Å². The molecule has 20 heavy (non-hydrogen) atoms. The summed E-state index contributed by atoms with van der Waals surface area (Å²) >= 11 is 1.73. The number of nitrogens with one attached hydrogen (secondary N) is 1. The highest BCUT2D eigenvalue weighted by molar-refractivity contribution is 7.99. The molecule has 3 heteroatoms. The van der Waals surface area contributed by atoms with Crippen LogP contribution in [0.2, 0.25) is 0 Å². The summed E-state index contributed by atoms with van der Waals surface area (Å²) in [7, 11) is 0. The summed E-state index contributed by atoms with van der Waals surface area (Å²) in [5, 5.41) is 4.62. The maximum atomic E-state index is 4.55. The number of hydrogen-bond acceptors (Lipinski definition) is 3. The van der Waals surface area contributed by atoms with Crippen LogP contribution in [0.4, 0.5) is 0 Å². The van der Waals surface area contributed by atoms with E-state index < -0.39 is 0 Å². The first kappa shape index (κ1) is 15.1. The summed E-state index contributed by atoms with van der Waals surface area (Å²) in [6.45, 7) is 7.53. The van der Waals surface area contributed by atoms with Crippen molar-refractivity contribution in [3.8, 4) is 0 Å². The summed E-state index contributed by atoms with van der Waals surface area (Å²) in [5.41, 5.74) is 2.56. The van der Waals surface area contributed by atoms with E-state index in [0.29, 0.717) is 6.04 Å². The van der Waals surface area contributed by atoms with E-state index >= 15 is 0 Å². The lowest BCUT2D eigenvalue weighted by Gasteiger charge is -2.16. The third-order valence-corrected chi connectivity index (χ3v) is 4.25. The highest BCUT2D eigenvalue weighted by atomic mass is 32.2. The second kappa shape index (κ2) is 7.46. The van der Waals surface area contributed by atoms with Crippen molar-refractivity contribution in [3.63, 3.8) is 0 Å². The molecule has 0 saturated heterocycles. The first-order chi connectivity index (χ1) is 9.70. The molecule has 0 radical (unpaired) electrons. The first-order valence-corrected chi connectivity index (χ1v) is 7.95. The van der Waals surface area contributed by atoms with Crippen LogP contribution < -0.4 is 5.32 Å². The highest BCUT2D eigenvalue weighted by Gasteiger charge is 2.11. The first-order valence-electron chi connectivity index (χ1n) is 7.13. The Balaban J connectivity index is 2.17. The molecule has 0 bridgehead atoms. The second-order valence-corrected chi connectivity index (χ2v) is 6.05. The van der Waals surface area contributed by atoms with Crippen molar-refractivity contribution in [3.05, 3.63) is 53.7 Å². The molecule has 1 N–H and O–H groups in total. The average Bonchev–Trinajstić information content (AvgIpc) is 2.48. The maximum Gasteiger partial charge on any atom is 0.105 e. The zero-order valence-electron chi connectivity index (χ0n) is 12.4. The molecule has 0 aliphatic heterocycles. The van der Waals surface area contributed by atoms with Gasteiger partial charge in [-0.3, -0.25) is 0 Å². The van der Waals surface area contributed by atoms with Gasteiger partial charge in [0.25, 0.3) is 0 Å². The number of nitrogens with zero attached hydrogens (tertiary/aromatic N) is 1. The van der Waals surface area contributed by atoms with E-state index in [9.17, 15) is 0 Å². The quantitative estimate of drug-likeness (QED) is 0.840. The SMILES string of the molecule is CCCNC(C)c1cccnc1Sc1ccc(C)cc1. The third-order valence-electron chi connectivity index (χ3n) is 3.20. The number of hydrogen-bond donors (Lipinski definition) is 1. The Morgan fingerprint density at radius 3 is 2.65 bits per heavy atom. The second-order valence-electron chi connectivity index (χ2n) is 4.99. The third kappa shape index (κ3) is 4.09. The number of aromatic nitrogens is 1. The smallest absolute Gasteiger partial charge is 0.105 e. The molecule has 1 atom stereocenters. The Hall–Kier alpha value is -1.32. The molecule has 0 spiro atoms. The van der Waals surface area contributed by atoms with Gasteiger partial charge in [-0.15, -0.1) is 0 Å². The molecule has 2 nitrogen and oxygen atoms in total. The summed E-state index contributed by atoms with van der Waals surface area (Å²) in [6, 6.07) is 13.1. The van der Waals surface area contributed by atoms with Gasteiger partial charge in [0.05, 0.1) is 0 Å². The topological polar surface area (TPSA) is 24.9 Å². The average molecular weight is 286 g/mol. The Bertz CT molecular complexity index is 537. The normalized spacial score (nSPS) is 12.3. The van der Waals surface area contributed by atoms with Crippen LogP contribution >= 0.6 is 11.8 Å². The van der Waals surface area contributed by atoms with Crippen LogP contribution in [-0.2, 0) is 0 Å². The van der Waals surface area contributed by atoms with Crippen LogP contribution in [0.3, 0.4) is 0 Å². The zero-order chi connectivity index (χ0) is 14.4. The van der Waals surface area contributed by atoms with E-state index in [-0.39, 0.29) is 0 Å². The van der Waals surface area contributed by atoms with Crippen molar-refractivity contribution in [1.29, 1.82) is 0 Å². The molecule has 1 aromatic heterocycles. The Labute approximate surface area is 126 Å². The molecular formula is C17H22N2S. The number of rotatable bonds is 6. The van der Waals surface area contributed by atoms with Crippen molar-refractivity contribution in [1.82, 2.24) is 10.3 Å². The predicted octanol–water partition coefficient (Wildman–Crippen LogP) is 4.60. The van der Waals surface area contributed by atoms with E-state index in [1.807, 2.05) is 12.3 Å². The van der Waals surface area contributed by atoms with Gasteiger partial charge in [0, 0.05) is 22.7 Å². The maximum absolute atomic E-state index is 4.55. The Morgan fingerprint density at radius 1 is 1.20 bits per heavy atom. The lowest BCUT2D eigenvalue weighted by atomic mass is 10.1. The van der Waals surface area contributed by atoms with Crippen LogP contribution in [-0.4, -0.2) is 11.5 Å². The predicted molar refractivity (Wildman–Crippen MR) is 86.2 cm³/mol. The lowest BCUT2D eigenvalue weighted by Crippen LogP contribution is -2.20. The molecule has 1 aromatic carbocycles. The van der Waals surface area contributed by atoms with Crippen LogP contribution in [0, 0.1) is 6.92 Å². The number of pyridine rings is 1. The van der Waals surface area contributed by atoms with Gasteiger partial charge < -0.3 is 5.32 Å². The van der Waals surface area contributed by atoms with E-state index in [0.717, 1.165) is 18.0 Å². The summed E-state index contributed by atoms with van der Waals surface area (Å²) < 4.78 is 0. The summed E-state index contributed by atoms with van der Waals surface area (Å²) in [5.74, 6) is 0. The highest BCUT2D eigenvalue weighted by Crippen LogP contribution is 2.31. The van der Waals surface area contributed by atoms with Crippen LogP contribution in [0.25, 0.3) is 0 Å². The van der Waals surface area contributed by atoms with Gasteiger partial charge in [-0.2, -0.15) is 0 Å². The minimum absolute atomic E-state index is 0.330. The van der Waals surface area contributed by atoms with Crippen molar-refractivity contribution in [2.75, 3.05) is 6.54 Å². The molecule has 2 rings (SSSR count). The van der Waals surface area contributed by atoms with Gasteiger partial charge in [0.1, 0.15) is 5.03 Å². The zero-order valence-corrected chi connectivity index (χ0v) is 13.2. The van der Waals surface area contributed by atoms with E-state index in [2.05, 4.69) is 61.4 Å². The fraction of sp³-hybridized carbons (Fsp3) is 0.353. The van der Waals surface area contributed by atoms with Crippen molar-refractivity contribution in [2.24, 2.45) is 0 Å². The standard InChI is InChI=1S/C17H22N2S/c1-4-11-18-14(3)16-6-5-12-19-17(16)20-15-9-7-13(2)8-10-15/h5-10,12,14,18H,4,11H2,1-3H3. The van der Waals surface area contributed by atoms with Crippen molar-refractivity contribution >= 4 is 11.8 Å². The molecule has 106 valence electrons. The molecular weight excluding hydrogens is 264 g/mol. The van der Waals surface area contributed by atoms with E-state index in [4.69, 9.17) is 0 Å². The monoisotopic (exact) mass is 286 g/mol. The van der Waals surface area contributed by atoms with E-state index in [1.54, 1.807) is 11.8 Å². The molecule has 0 aliphatic rings.